The Kier molecular flexibility index (Phi) is 7.01. The molecule has 0 saturated carbocycles. The van der Waals surface area contributed by atoms with Crippen LogP contribution in [0, 0.1) is 0 Å². The molecule has 2 rings (SSSR count). The average Bonchev–Trinajstić information content (AvgIpc) is 2.63. The minimum absolute atomic E-state index is 0.136. The molecule has 0 fully saturated rings. The van der Waals surface area contributed by atoms with E-state index in [1.54, 1.807) is 36.4 Å². The topological polar surface area (TPSA) is 61.8 Å². The van der Waals surface area contributed by atoms with E-state index in [2.05, 4.69) is 22.9 Å². The summed E-state index contributed by atoms with van der Waals surface area (Å²) in [5.41, 5.74) is 0.508. The lowest BCUT2D eigenvalue weighted by atomic mass is 10.2. The fraction of sp³-hybridized carbons (Fsp3) is 0.263. The number of benzene rings is 2. The second kappa shape index (κ2) is 9.22. The Hall–Kier alpha value is -2.34. The van der Waals surface area contributed by atoms with Crippen molar-refractivity contribution in [1.82, 2.24) is 0 Å². The molecule has 0 heterocycles. The van der Waals surface area contributed by atoms with Crippen molar-refractivity contribution < 1.29 is 23.8 Å². The molecule has 0 saturated heterocycles. The first-order chi connectivity index (χ1) is 12.0. The van der Waals surface area contributed by atoms with Crippen LogP contribution in [-0.4, -0.2) is 25.7 Å². The van der Waals surface area contributed by atoms with Gasteiger partial charge in [0.2, 0.25) is 0 Å². The van der Waals surface area contributed by atoms with E-state index in [-0.39, 0.29) is 11.3 Å². The van der Waals surface area contributed by atoms with Crippen molar-refractivity contribution in [3.05, 3.63) is 58.1 Å². The van der Waals surface area contributed by atoms with E-state index >= 15 is 0 Å². The molecule has 0 spiro atoms. The lowest BCUT2D eigenvalue weighted by Crippen LogP contribution is -2.12. The summed E-state index contributed by atoms with van der Waals surface area (Å²) in [7, 11) is 1.27. The van der Waals surface area contributed by atoms with E-state index in [4.69, 9.17) is 14.2 Å². The molecule has 0 unspecified atom stereocenters. The molecule has 0 aliphatic rings. The van der Waals surface area contributed by atoms with Gasteiger partial charge in [0, 0.05) is 4.47 Å². The smallest absolute Gasteiger partial charge is 0.343 e. The summed E-state index contributed by atoms with van der Waals surface area (Å²) in [6, 6.07) is 11.5. The Labute approximate surface area is 155 Å². The van der Waals surface area contributed by atoms with Crippen molar-refractivity contribution in [2.45, 2.75) is 19.8 Å². The van der Waals surface area contributed by atoms with Crippen LogP contribution in [0.1, 0.15) is 40.5 Å². The van der Waals surface area contributed by atoms with Crippen molar-refractivity contribution in [3.8, 4) is 11.5 Å². The van der Waals surface area contributed by atoms with E-state index in [1.807, 2.05) is 0 Å². The molecule has 132 valence electrons. The third kappa shape index (κ3) is 5.32. The number of ether oxygens (including phenoxy) is 3. The maximum atomic E-state index is 12.4. The van der Waals surface area contributed by atoms with Crippen molar-refractivity contribution in [1.29, 1.82) is 0 Å². The highest BCUT2D eigenvalue weighted by atomic mass is 79.9. The molecule has 6 heteroatoms. The van der Waals surface area contributed by atoms with Gasteiger partial charge in [-0.15, -0.1) is 0 Å². The normalized spacial score (nSPS) is 10.2. The standard InChI is InChI=1S/C19H19BrO5/c1-3-4-10-24-15-7-5-6-13(11-15)18(21)25-17-9-8-14(20)12-16(17)19(22)23-2/h5-9,11-12H,3-4,10H2,1-2H3. The van der Waals surface area contributed by atoms with Gasteiger partial charge in [-0.2, -0.15) is 0 Å². The van der Waals surface area contributed by atoms with E-state index in [9.17, 15) is 9.59 Å². The average molecular weight is 407 g/mol. The van der Waals surface area contributed by atoms with Crippen molar-refractivity contribution in [2.24, 2.45) is 0 Å². The first kappa shape index (κ1) is 19.0. The predicted octanol–water partition coefficient (Wildman–Crippen LogP) is 4.63. The van der Waals surface area contributed by atoms with Crippen molar-refractivity contribution in [2.75, 3.05) is 13.7 Å². The number of methoxy groups -OCH3 is 1. The summed E-state index contributed by atoms with van der Waals surface area (Å²) >= 11 is 3.28. The third-order valence-corrected chi connectivity index (χ3v) is 3.88. The monoisotopic (exact) mass is 406 g/mol. The summed E-state index contributed by atoms with van der Waals surface area (Å²) in [4.78, 5) is 24.3. The van der Waals surface area contributed by atoms with Crippen LogP contribution in [0.4, 0.5) is 0 Å². The van der Waals surface area contributed by atoms with E-state index in [0.717, 1.165) is 12.8 Å². The zero-order valence-electron chi connectivity index (χ0n) is 14.1. The SMILES string of the molecule is CCCCOc1cccc(C(=O)Oc2ccc(Br)cc2C(=O)OC)c1. The molecule has 0 aromatic heterocycles. The number of halogens is 1. The Bertz CT molecular complexity index is 757. The van der Waals surface area contributed by atoms with Gasteiger partial charge in [-0.05, 0) is 42.8 Å². The van der Waals surface area contributed by atoms with Gasteiger partial charge in [-0.3, -0.25) is 0 Å². The molecule has 2 aromatic carbocycles. The predicted molar refractivity (Wildman–Crippen MR) is 97.3 cm³/mol. The summed E-state index contributed by atoms with van der Waals surface area (Å²) in [5.74, 6) is -0.418. The van der Waals surface area contributed by atoms with Gasteiger partial charge in [0.1, 0.15) is 17.1 Å². The molecule has 0 bridgehead atoms. The van der Waals surface area contributed by atoms with Crippen LogP contribution >= 0.6 is 15.9 Å². The number of rotatable bonds is 7. The first-order valence-electron chi connectivity index (χ1n) is 7.88. The number of carbonyl (C=O) groups excluding carboxylic acids is 2. The van der Waals surface area contributed by atoms with Gasteiger partial charge in [0.25, 0.3) is 0 Å². The molecular formula is C19H19BrO5. The van der Waals surface area contributed by atoms with Crippen LogP contribution in [0.15, 0.2) is 46.9 Å². The second-order valence-electron chi connectivity index (χ2n) is 5.25. The summed E-state index contributed by atoms with van der Waals surface area (Å²) in [5, 5.41) is 0. The highest BCUT2D eigenvalue weighted by molar-refractivity contribution is 9.10. The molecule has 25 heavy (non-hydrogen) atoms. The summed E-state index contributed by atoms with van der Waals surface area (Å²) in [6.45, 7) is 2.67. The Balaban J connectivity index is 2.17. The highest BCUT2D eigenvalue weighted by Crippen LogP contribution is 2.25. The zero-order chi connectivity index (χ0) is 18.2. The van der Waals surface area contributed by atoms with Crippen LogP contribution in [0.5, 0.6) is 11.5 Å². The number of carbonyl (C=O) groups is 2. The van der Waals surface area contributed by atoms with Crippen molar-refractivity contribution in [3.63, 3.8) is 0 Å². The minimum Gasteiger partial charge on any atom is -0.494 e. The van der Waals surface area contributed by atoms with Crippen LogP contribution in [-0.2, 0) is 4.74 Å². The van der Waals surface area contributed by atoms with Crippen LogP contribution in [0.3, 0.4) is 0 Å². The molecule has 0 atom stereocenters. The van der Waals surface area contributed by atoms with Gasteiger partial charge in [0.15, 0.2) is 0 Å². The number of hydrogen-bond donors (Lipinski definition) is 0. The third-order valence-electron chi connectivity index (χ3n) is 3.39. The zero-order valence-corrected chi connectivity index (χ0v) is 15.7. The Morgan fingerprint density at radius 3 is 2.60 bits per heavy atom. The van der Waals surface area contributed by atoms with Gasteiger partial charge < -0.3 is 14.2 Å². The van der Waals surface area contributed by atoms with Gasteiger partial charge in [-0.25, -0.2) is 9.59 Å². The molecule has 5 nitrogen and oxygen atoms in total. The minimum atomic E-state index is -0.583. The number of unbranched alkanes of at least 4 members (excludes halogenated alkanes) is 1. The van der Waals surface area contributed by atoms with Gasteiger partial charge in [0.05, 0.1) is 19.3 Å². The van der Waals surface area contributed by atoms with Crippen molar-refractivity contribution >= 4 is 27.9 Å². The Morgan fingerprint density at radius 1 is 1.08 bits per heavy atom. The quantitative estimate of drug-likeness (QED) is 0.380. The molecule has 2 aromatic rings. The van der Waals surface area contributed by atoms with Gasteiger partial charge in [-0.1, -0.05) is 35.3 Å². The molecule has 0 aliphatic heterocycles. The van der Waals surface area contributed by atoms with Crippen LogP contribution in [0.25, 0.3) is 0 Å². The molecule has 0 radical (unpaired) electrons. The maximum Gasteiger partial charge on any atom is 0.343 e. The highest BCUT2D eigenvalue weighted by Gasteiger charge is 2.18. The lowest BCUT2D eigenvalue weighted by molar-refractivity contribution is 0.0593. The fourth-order valence-electron chi connectivity index (χ4n) is 2.07. The lowest BCUT2D eigenvalue weighted by Gasteiger charge is -2.10. The summed E-state index contributed by atoms with van der Waals surface area (Å²) < 4.78 is 16.4. The van der Waals surface area contributed by atoms with E-state index in [1.165, 1.54) is 13.2 Å². The maximum absolute atomic E-state index is 12.4. The van der Waals surface area contributed by atoms with Gasteiger partial charge >= 0.3 is 11.9 Å². The van der Waals surface area contributed by atoms with Crippen LogP contribution < -0.4 is 9.47 Å². The molecule has 0 aliphatic carbocycles. The van der Waals surface area contributed by atoms with E-state index in [0.29, 0.717) is 22.4 Å². The largest absolute Gasteiger partial charge is 0.494 e. The molecular weight excluding hydrogens is 388 g/mol. The second-order valence-corrected chi connectivity index (χ2v) is 6.17. The fourth-order valence-corrected chi connectivity index (χ4v) is 2.43. The van der Waals surface area contributed by atoms with E-state index < -0.39 is 11.9 Å². The summed E-state index contributed by atoms with van der Waals surface area (Å²) in [6.07, 6.45) is 1.97. The molecule has 0 N–H and O–H groups in total. The Morgan fingerprint density at radius 2 is 1.88 bits per heavy atom. The first-order valence-corrected chi connectivity index (χ1v) is 8.67. The number of hydrogen-bond acceptors (Lipinski definition) is 5. The number of esters is 2. The van der Waals surface area contributed by atoms with Crippen LogP contribution in [0.2, 0.25) is 0 Å². The molecule has 0 amide bonds.